The number of thiophene rings is 1. The number of nitrogens with one attached hydrogen (secondary N) is 1. The maximum atomic E-state index is 10.6. The Kier molecular flexibility index (Phi) is 4.56. The van der Waals surface area contributed by atoms with Gasteiger partial charge in [0.2, 0.25) is 0 Å². The van der Waals surface area contributed by atoms with Crippen LogP contribution in [-0.4, -0.2) is 27.7 Å². The molecule has 0 unspecified atom stereocenters. The molecule has 0 aliphatic heterocycles. The summed E-state index contributed by atoms with van der Waals surface area (Å²) >= 11 is 2.62. The van der Waals surface area contributed by atoms with Crippen LogP contribution in [0, 0.1) is 10.1 Å². The highest BCUT2D eigenvalue weighted by molar-refractivity contribution is 7.23. The summed E-state index contributed by atoms with van der Waals surface area (Å²) in [6, 6.07) is 3.67. The van der Waals surface area contributed by atoms with E-state index in [9.17, 15) is 10.1 Å². The van der Waals surface area contributed by atoms with Crippen molar-refractivity contribution in [3.8, 4) is 9.88 Å². The highest BCUT2D eigenvalue weighted by Crippen LogP contribution is 2.34. The maximum Gasteiger partial charge on any atom is 0.324 e. The third-order valence-electron chi connectivity index (χ3n) is 2.34. The van der Waals surface area contributed by atoms with E-state index in [1.165, 1.54) is 17.4 Å². The monoisotopic (exact) mass is 298 g/mol. The summed E-state index contributed by atoms with van der Waals surface area (Å²) in [5, 5.41) is 24.0. The van der Waals surface area contributed by atoms with Crippen LogP contribution in [0.15, 0.2) is 12.1 Å². The van der Waals surface area contributed by atoms with Crippen molar-refractivity contribution in [3.05, 3.63) is 27.3 Å². The summed E-state index contributed by atoms with van der Waals surface area (Å²) in [5.41, 5.74) is 0. The molecular formula is C11H14N4O2S2. The number of rotatable bonds is 6. The van der Waals surface area contributed by atoms with Crippen molar-refractivity contribution in [1.29, 1.82) is 0 Å². The quantitative estimate of drug-likeness (QED) is 0.655. The lowest BCUT2D eigenvalue weighted by atomic mass is 10.3. The number of aromatic nitrogens is 2. The van der Waals surface area contributed by atoms with E-state index in [2.05, 4.69) is 29.4 Å². The lowest BCUT2D eigenvalue weighted by Gasteiger charge is -2.04. The molecule has 0 spiro atoms. The highest BCUT2D eigenvalue weighted by Gasteiger charge is 2.14. The SMILES string of the molecule is CC(C)NCCc1nnc(-c2ccc([N+](=O)[O-])s2)s1. The second kappa shape index (κ2) is 6.18. The van der Waals surface area contributed by atoms with Gasteiger partial charge in [-0.1, -0.05) is 36.5 Å². The Morgan fingerprint density at radius 3 is 2.79 bits per heavy atom. The van der Waals surface area contributed by atoms with Gasteiger partial charge in [-0.15, -0.1) is 10.2 Å². The molecule has 2 aromatic heterocycles. The minimum atomic E-state index is -0.386. The topological polar surface area (TPSA) is 81.0 Å². The van der Waals surface area contributed by atoms with Crippen molar-refractivity contribution in [1.82, 2.24) is 15.5 Å². The van der Waals surface area contributed by atoms with Gasteiger partial charge in [0.1, 0.15) is 5.01 Å². The van der Waals surface area contributed by atoms with Crippen molar-refractivity contribution in [3.63, 3.8) is 0 Å². The molecule has 0 fully saturated rings. The van der Waals surface area contributed by atoms with Crippen LogP contribution < -0.4 is 5.32 Å². The molecule has 0 radical (unpaired) electrons. The molecule has 2 rings (SSSR count). The van der Waals surface area contributed by atoms with Gasteiger partial charge in [-0.3, -0.25) is 10.1 Å². The van der Waals surface area contributed by atoms with Crippen molar-refractivity contribution in [2.45, 2.75) is 26.3 Å². The molecule has 0 aliphatic carbocycles. The van der Waals surface area contributed by atoms with Gasteiger partial charge in [0, 0.05) is 25.1 Å². The molecule has 0 bridgehead atoms. The van der Waals surface area contributed by atoms with Gasteiger partial charge in [0.25, 0.3) is 0 Å². The lowest BCUT2D eigenvalue weighted by molar-refractivity contribution is -0.380. The number of nitrogens with zero attached hydrogens (tertiary/aromatic N) is 3. The molecule has 0 aliphatic rings. The number of nitro groups is 1. The van der Waals surface area contributed by atoms with Gasteiger partial charge in [-0.25, -0.2) is 0 Å². The summed E-state index contributed by atoms with van der Waals surface area (Å²) in [4.78, 5) is 11.0. The molecule has 19 heavy (non-hydrogen) atoms. The first-order valence-corrected chi connectivity index (χ1v) is 7.50. The van der Waals surface area contributed by atoms with E-state index >= 15 is 0 Å². The second-order valence-corrected chi connectivity index (χ2v) is 6.38. The third-order valence-corrected chi connectivity index (χ3v) is 4.53. The lowest BCUT2D eigenvalue weighted by Crippen LogP contribution is -2.24. The molecule has 0 amide bonds. The largest absolute Gasteiger partial charge is 0.324 e. The maximum absolute atomic E-state index is 10.6. The van der Waals surface area contributed by atoms with E-state index in [0.717, 1.165) is 39.2 Å². The Morgan fingerprint density at radius 2 is 2.16 bits per heavy atom. The van der Waals surface area contributed by atoms with Gasteiger partial charge in [-0.2, -0.15) is 0 Å². The van der Waals surface area contributed by atoms with Crippen LogP contribution in [0.5, 0.6) is 0 Å². The van der Waals surface area contributed by atoms with Gasteiger partial charge < -0.3 is 5.32 Å². The average molecular weight is 298 g/mol. The first-order chi connectivity index (χ1) is 9.06. The Morgan fingerprint density at radius 1 is 1.37 bits per heavy atom. The first kappa shape index (κ1) is 14.0. The van der Waals surface area contributed by atoms with Crippen molar-refractivity contribution >= 4 is 27.7 Å². The number of hydrogen-bond donors (Lipinski definition) is 1. The molecule has 8 heteroatoms. The smallest absolute Gasteiger partial charge is 0.314 e. The van der Waals surface area contributed by atoms with Crippen molar-refractivity contribution < 1.29 is 4.92 Å². The predicted octanol–water partition coefficient (Wildman–Crippen LogP) is 2.72. The van der Waals surface area contributed by atoms with Crippen LogP contribution in [-0.2, 0) is 6.42 Å². The third kappa shape index (κ3) is 3.79. The normalized spacial score (nSPS) is 11.1. The summed E-state index contributed by atoms with van der Waals surface area (Å²) < 4.78 is 0. The zero-order valence-corrected chi connectivity index (χ0v) is 12.3. The number of hydrogen-bond acceptors (Lipinski definition) is 7. The molecule has 1 N–H and O–H groups in total. The fourth-order valence-corrected chi connectivity index (χ4v) is 3.17. The van der Waals surface area contributed by atoms with E-state index in [1.807, 2.05) is 0 Å². The van der Waals surface area contributed by atoms with E-state index in [4.69, 9.17) is 0 Å². The zero-order valence-electron chi connectivity index (χ0n) is 10.6. The Balaban J connectivity index is 2.01. The van der Waals surface area contributed by atoms with Crippen LogP contribution in [0.1, 0.15) is 18.9 Å². The van der Waals surface area contributed by atoms with Gasteiger partial charge in [0.15, 0.2) is 5.01 Å². The molecule has 6 nitrogen and oxygen atoms in total. The molecule has 0 atom stereocenters. The molecule has 0 aromatic carbocycles. The second-order valence-electron chi connectivity index (χ2n) is 4.25. The molecule has 2 aromatic rings. The van der Waals surface area contributed by atoms with E-state index < -0.39 is 0 Å². The molecule has 102 valence electrons. The highest BCUT2D eigenvalue weighted by atomic mass is 32.1. The van der Waals surface area contributed by atoms with Crippen LogP contribution in [0.25, 0.3) is 9.88 Å². The Bertz CT molecular complexity index is 565. The van der Waals surface area contributed by atoms with Gasteiger partial charge in [0.05, 0.1) is 9.80 Å². The fourth-order valence-electron chi connectivity index (χ4n) is 1.46. The van der Waals surface area contributed by atoms with Gasteiger partial charge >= 0.3 is 5.00 Å². The molecule has 0 saturated carbocycles. The standard InChI is InChI=1S/C11H14N4O2S2/c1-7(2)12-6-5-9-13-14-11(19-9)8-3-4-10(18-8)15(16)17/h3-4,7,12H,5-6H2,1-2H3. The summed E-state index contributed by atoms with van der Waals surface area (Å²) in [6.07, 6.45) is 0.823. The zero-order chi connectivity index (χ0) is 13.8. The Hall–Kier alpha value is -1.38. The molecule has 2 heterocycles. The summed E-state index contributed by atoms with van der Waals surface area (Å²) in [7, 11) is 0. The van der Waals surface area contributed by atoms with Crippen LogP contribution in [0.2, 0.25) is 0 Å². The van der Waals surface area contributed by atoms with Crippen LogP contribution in [0.4, 0.5) is 5.00 Å². The molecular weight excluding hydrogens is 284 g/mol. The summed E-state index contributed by atoms with van der Waals surface area (Å²) in [5.74, 6) is 0. The average Bonchev–Trinajstić information content (AvgIpc) is 2.95. The van der Waals surface area contributed by atoms with E-state index in [-0.39, 0.29) is 9.92 Å². The van der Waals surface area contributed by atoms with Gasteiger partial charge in [-0.05, 0) is 6.07 Å². The predicted molar refractivity (Wildman–Crippen MR) is 76.7 cm³/mol. The Labute approximate surface area is 118 Å². The summed E-state index contributed by atoms with van der Waals surface area (Å²) in [6.45, 7) is 5.05. The molecule has 0 saturated heterocycles. The van der Waals surface area contributed by atoms with Crippen molar-refractivity contribution in [2.75, 3.05) is 6.54 Å². The fraction of sp³-hybridized carbons (Fsp3) is 0.455. The van der Waals surface area contributed by atoms with E-state index in [0.29, 0.717) is 6.04 Å². The van der Waals surface area contributed by atoms with Crippen LogP contribution in [0.3, 0.4) is 0 Å². The van der Waals surface area contributed by atoms with Crippen molar-refractivity contribution in [2.24, 2.45) is 0 Å². The first-order valence-electron chi connectivity index (χ1n) is 5.86. The minimum Gasteiger partial charge on any atom is -0.314 e. The van der Waals surface area contributed by atoms with E-state index in [1.54, 1.807) is 6.07 Å². The minimum absolute atomic E-state index is 0.133. The van der Waals surface area contributed by atoms with Crippen LogP contribution >= 0.6 is 22.7 Å².